The molecule has 0 atom stereocenters. The van der Waals surface area contributed by atoms with Crippen molar-refractivity contribution in [1.82, 2.24) is 15.0 Å². The van der Waals surface area contributed by atoms with Gasteiger partial charge in [0, 0.05) is 35.9 Å². The second-order valence-corrected chi connectivity index (χ2v) is 4.56. The van der Waals surface area contributed by atoms with Crippen molar-refractivity contribution in [1.29, 1.82) is 0 Å². The van der Waals surface area contributed by atoms with Crippen LogP contribution in [0.2, 0.25) is 0 Å². The molecule has 0 radical (unpaired) electrons. The number of anilines is 1. The van der Waals surface area contributed by atoms with Gasteiger partial charge in [-0.15, -0.1) is 11.3 Å². The highest BCUT2D eigenvalue weighted by molar-refractivity contribution is 7.09. The molecular formula is C11H14N4S. The first kappa shape index (κ1) is 11.0. The van der Waals surface area contributed by atoms with Gasteiger partial charge in [-0.1, -0.05) is 0 Å². The molecule has 0 fully saturated rings. The third-order valence-corrected chi connectivity index (χ3v) is 2.93. The van der Waals surface area contributed by atoms with E-state index in [0.29, 0.717) is 5.95 Å². The molecule has 1 N–H and O–H groups in total. The van der Waals surface area contributed by atoms with E-state index in [1.807, 2.05) is 31.5 Å². The maximum Gasteiger partial charge on any atom is 0.223 e. The van der Waals surface area contributed by atoms with Crippen LogP contribution in [0.3, 0.4) is 0 Å². The Morgan fingerprint density at radius 2 is 2.00 bits per heavy atom. The van der Waals surface area contributed by atoms with Gasteiger partial charge in [0.05, 0.1) is 5.01 Å². The van der Waals surface area contributed by atoms with Gasteiger partial charge >= 0.3 is 0 Å². The highest BCUT2D eigenvalue weighted by Gasteiger charge is 1.99. The summed E-state index contributed by atoms with van der Waals surface area (Å²) in [5.41, 5.74) is 1.98. The van der Waals surface area contributed by atoms with Gasteiger partial charge in [-0.2, -0.15) is 0 Å². The van der Waals surface area contributed by atoms with Crippen LogP contribution in [0.15, 0.2) is 17.6 Å². The lowest BCUT2D eigenvalue weighted by atomic mass is 10.3. The molecule has 2 aromatic heterocycles. The van der Waals surface area contributed by atoms with Crippen LogP contribution >= 0.6 is 11.3 Å². The summed E-state index contributed by atoms with van der Waals surface area (Å²) in [6.07, 6.45) is 2.74. The average Bonchev–Trinajstić information content (AvgIpc) is 2.69. The Kier molecular flexibility index (Phi) is 3.46. The number of thiazole rings is 1. The standard InChI is InChI=1S/C11H14N4S/c1-8-7-9(2)15-11(14-8)13-4-3-10-12-5-6-16-10/h5-7H,3-4H2,1-2H3,(H,13,14,15). The topological polar surface area (TPSA) is 50.7 Å². The molecule has 84 valence electrons. The summed E-state index contributed by atoms with van der Waals surface area (Å²) in [6.45, 7) is 4.76. The van der Waals surface area contributed by atoms with E-state index < -0.39 is 0 Å². The van der Waals surface area contributed by atoms with Gasteiger partial charge in [-0.3, -0.25) is 0 Å². The van der Waals surface area contributed by atoms with Crippen molar-refractivity contribution in [2.75, 3.05) is 11.9 Å². The van der Waals surface area contributed by atoms with E-state index in [2.05, 4.69) is 20.3 Å². The Hall–Kier alpha value is -1.49. The normalized spacial score (nSPS) is 10.4. The lowest BCUT2D eigenvalue weighted by Gasteiger charge is -2.05. The highest BCUT2D eigenvalue weighted by Crippen LogP contribution is 2.06. The van der Waals surface area contributed by atoms with Gasteiger partial charge in [0.2, 0.25) is 5.95 Å². The fourth-order valence-electron chi connectivity index (χ4n) is 1.46. The lowest BCUT2D eigenvalue weighted by Crippen LogP contribution is -2.08. The van der Waals surface area contributed by atoms with Crippen molar-refractivity contribution in [2.24, 2.45) is 0 Å². The molecule has 0 bridgehead atoms. The van der Waals surface area contributed by atoms with Crippen molar-refractivity contribution in [3.05, 3.63) is 34.0 Å². The highest BCUT2D eigenvalue weighted by atomic mass is 32.1. The van der Waals surface area contributed by atoms with E-state index >= 15 is 0 Å². The quantitative estimate of drug-likeness (QED) is 0.881. The number of hydrogen-bond donors (Lipinski definition) is 1. The SMILES string of the molecule is Cc1cc(C)nc(NCCc2nccs2)n1. The van der Waals surface area contributed by atoms with E-state index in [1.165, 1.54) is 0 Å². The zero-order valence-electron chi connectivity index (χ0n) is 9.40. The maximum atomic E-state index is 4.31. The lowest BCUT2D eigenvalue weighted by molar-refractivity contribution is 0.953. The molecule has 16 heavy (non-hydrogen) atoms. The van der Waals surface area contributed by atoms with E-state index in [4.69, 9.17) is 0 Å². The molecule has 2 heterocycles. The maximum absolute atomic E-state index is 4.31. The van der Waals surface area contributed by atoms with Crippen molar-refractivity contribution in [3.8, 4) is 0 Å². The van der Waals surface area contributed by atoms with E-state index in [0.717, 1.165) is 29.4 Å². The van der Waals surface area contributed by atoms with Crippen LogP contribution in [0.5, 0.6) is 0 Å². The first-order valence-corrected chi connectivity index (χ1v) is 6.06. The number of aryl methyl sites for hydroxylation is 2. The van der Waals surface area contributed by atoms with Gasteiger partial charge in [0.1, 0.15) is 0 Å². The molecule has 0 spiro atoms. The fourth-order valence-corrected chi connectivity index (χ4v) is 2.08. The molecule has 0 saturated carbocycles. The monoisotopic (exact) mass is 234 g/mol. The van der Waals surface area contributed by atoms with E-state index in [9.17, 15) is 0 Å². The molecule has 0 unspecified atom stereocenters. The molecule has 5 heteroatoms. The molecule has 0 aliphatic rings. The number of aromatic nitrogens is 3. The summed E-state index contributed by atoms with van der Waals surface area (Å²) in [5.74, 6) is 0.703. The summed E-state index contributed by atoms with van der Waals surface area (Å²) in [6, 6.07) is 1.96. The molecule has 0 amide bonds. The largest absolute Gasteiger partial charge is 0.354 e. The summed E-state index contributed by atoms with van der Waals surface area (Å²) < 4.78 is 0. The average molecular weight is 234 g/mol. The van der Waals surface area contributed by atoms with Crippen molar-refractivity contribution in [3.63, 3.8) is 0 Å². The number of nitrogens with one attached hydrogen (secondary N) is 1. The predicted molar refractivity (Wildman–Crippen MR) is 65.8 cm³/mol. The minimum absolute atomic E-state index is 0.703. The summed E-state index contributed by atoms with van der Waals surface area (Å²) in [5, 5.41) is 6.33. The third kappa shape index (κ3) is 3.00. The van der Waals surface area contributed by atoms with Crippen molar-refractivity contribution in [2.45, 2.75) is 20.3 Å². The summed E-state index contributed by atoms with van der Waals surface area (Å²) in [4.78, 5) is 12.8. The number of hydrogen-bond acceptors (Lipinski definition) is 5. The molecule has 2 rings (SSSR count). The Bertz CT molecular complexity index is 433. The second-order valence-electron chi connectivity index (χ2n) is 3.58. The van der Waals surface area contributed by atoms with Crippen LogP contribution in [0.1, 0.15) is 16.4 Å². The van der Waals surface area contributed by atoms with Gasteiger partial charge in [0.25, 0.3) is 0 Å². The van der Waals surface area contributed by atoms with Gasteiger partial charge in [0.15, 0.2) is 0 Å². The van der Waals surface area contributed by atoms with Gasteiger partial charge in [-0.25, -0.2) is 15.0 Å². The minimum atomic E-state index is 0.703. The number of rotatable bonds is 4. The van der Waals surface area contributed by atoms with E-state index in [1.54, 1.807) is 11.3 Å². The van der Waals surface area contributed by atoms with Gasteiger partial charge in [-0.05, 0) is 19.9 Å². The smallest absolute Gasteiger partial charge is 0.223 e. The molecule has 0 aliphatic carbocycles. The first-order chi connectivity index (χ1) is 7.74. The van der Waals surface area contributed by atoms with Crippen molar-refractivity contribution >= 4 is 17.3 Å². The summed E-state index contributed by atoms with van der Waals surface area (Å²) >= 11 is 1.67. The molecule has 2 aromatic rings. The Morgan fingerprint density at radius 1 is 1.25 bits per heavy atom. The minimum Gasteiger partial charge on any atom is -0.354 e. The van der Waals surface area contributed by atoms with Gasteiger partial charge < -0.3 is 5.32 Å². The molecule has 0 saturated heterocycles. The van der Waals surface area contributed by atoms with Crippen LogP contribution in [0.25, 0.3) is 0 Å². The Labute approximate surface area is 98.8 Å². The number of nitrogens with zero attached hydrogens (tertiary/aromatic N) is 3. The summed E-state index contributed by atoms with van der Waals surface area (Å²) in [7, 11) is 0. The molecular weight excluding hydrogens is 220 g/mol. The second kappa shape index (κ2) is 5.03. The van der Waals surface area contributed by atoms with Crippen LogP contribution in [-0.2, 0) is 6.42 Å². The third-order valence-electron chi connectivity index (χ3n) is 2.09. The first-order valence-electron chi connectivity index (χ1n) is 5.18. The van der Waals surface area contributed by atoms with Crippen LogP contribution in [-0.4, -0.2) is 21.5 Å². The zero-order valence-corrected chi connectivity index (χ0v) is 10.2. The van der Waals surface area contributed by atoms with Crippen LogP contribution < -0.4 is 5.32 Å². The van der Waals surface area contributed by atoms with Crippen LogP contribution in [0.4, 0.5) is 5.95 Å². The Balaban J connectivity index is 1.89. The predicted octanol–water partition coefficient (Wildman–Crippen LogP) is 2.20. The molecule has 0 aliphatic heterocycles. The van der Waals surface area contributed by atoms with Crippen molar-refractivity contribution < 1.29 is 0 Å². The molecule has 4 nitrogen and oxygen atoms in total. The van der Waals surface area contributed by atoms with E-state index in [-0.39, 0.29) is 0 Å². The van der Waals surface area contributed by atoms with Crippen LogP contribution in [0, 0.1) is 13.8 Å². The fraction of sp³-hybridized carbons (Fsp3) is 0.364. The molecule has 0 aromatic carbocycles. The zero-order chi connectivity index (χ0) is 11.4. The Morgan fingerprint density at radius 3 is 2.62 bits per heavy atom.